The van der Waals surface area contributed by atoms with Gasteiger partial charge in [0.25, 0.3) is 0 Å². The van der Waals surface area contributed by atoms with E-state index in [2.05, 4.69) is 80.7 Å². The van der Waals surface area contributed by atoms with Crippen molar-refractivity contribution in [1.29, 1.82) is 0 Å². The minimum absolute atomic E-state index is 0. The summed E-state index contributed by atoms with van der Waals surface area (Å²) < 4.78 is 0. The van der Waals surface area contributed by atoms with Crippen molar-refractivity contribution >= 4 is 34.2 Å². The third kappa shape index (κ3) is 3.61. The monoisotopic (exact) mass is 380 g/mol. The first-order chi connectivity index (χ1) is 12.9. The number of benzene rings is 2. The van der Waals surface area contributed by atoms with E-state index in [4.69, 9.17) is 0 Å². The predicted octanol–water partition coefficient (Wildman–Crippen LogP) is 4.39. The van der Waals surface area contributed by atoms with Crippen LogP contribution in [0, 0.1) is 0 Å². The molecule has 0 saturated carbocycles. The Balaban J connectivity index is 0.00000180. The van der Waals surface area contributed by atoms with Crippen LogP contribution in [0.25, 0.3) is 21.8 Å². The number of hydrogen-bond acceptors (Lipinski definition) is 2. The topological polar surface area (TPSA) is 38.1 Å². The number of nitrogens with one attached hydrogen (secondary N) is 2. The molecule has 140 valence electrons. The molecule has 2 aromatic carbocycles. The van der Waals surface area contributed by atoms with Crippen LogP contribution in [-0.2, 0) is 13.1 Å². The number of aromatic nitrogens is 2. The van der Waals surface area contributed by atoms with E-state index >= 15 is 0 Å². The lowest BCUT2D eigenvalue weighted by Crippen LogP contribution is -2.45. The largest absolute Gasteiger partial charge is 0.361 e. The van der Waals surface area contributed by atoms with E-state index in [0.717, 1.165) is 39.3 Å². The number of aromatic amines is 2. The number of para-hydroxylation sites is 2. The van der Waals surface area contributed by atoms with Crippen molar-refractivity contribution in [3.05, 3.63) is 72.1 Å². The molecule has 1 aliphatic rings. The first-order valence-electron chi connectivity index (χ1n) is 9.41. The van der Waals surface area contributed by atoms with Crippen LogP contribution in [0.1, 0.15) is 11.1 Å². The molecule has 5 heteroatoms. The Bertz CT molecular complexity index is 943. The van der Waals surface area contributed by atoms with Gasteiger partial charge in [-0.2, -0.15) is 0 Å². The zero-order valence-electron chi connectivity index (χ0n) is 15.3. The van der Waals surface area contributed by atoms with Crippen molar-refractivity contribution in [1.82, 2.24) is 19.8 Å². The van der Waals surface area contributed by atoms with Gasteiger partial charge in [-0.25, -0.2) is 0 Å². The average Bonchev–Trinajstić information content (AvgIpc) is 3.28. The van der Waals surface area contributed by atoms with Crippen molar-refractivity contribution in [2.45, 2.75) is 13.1 Å². The van der Waals surface area contributed by atoms with Gasteiger partial charge < -0.3 is 9.97 Å². The van der Waals surface area contributed by atoms with Gasteiger partial charge in [0.15, 0.2) is 0 Å². The normalized spacial score (nSPS) is 16.0. The highest BCUT2D eigenvalue weighted by Crippen LogP contribution is 2.22. The highest BCUT2D eigenvalue weighted by atomic mass is 35.5. The van der Waals surface area contributed by atoms with Gasteiger partial charge in [0.05, 0.1) is 0 Å². The third-order valence-corrected chi connectivity index (χ3v) is 5.60. The minimum Gasteiger partial charge on any atom is -0.361 e. The fourth-order valence-electron chi connectivity index (χ4n) is 4.11. The average molecular weight is 381 g/mol. The summed E-state index contributed by atoms with van der Waals surface area (Å²) >= 11 is 0. The van der Waals surface area contributed by atoms with Crippen molar-refractivity contribution in [3.63, 3.8) is 0 Å². The van der Waals surface area contributed by atoms with Crippen LogP contribution >= 0.6 is 12.4 Å². The van der Waals surface area contributed by atoms with Crippen LogP contribution in [0.5, 0.6) is 0 Å². The molecule has 0 radical (unpaired) electrons. The van der Waals surface area contributed by atoms with Crippen molar-refractivity contribution < 1.29 is 0 Å². The van der Waals surface area contributed by atoms with Gasteiger partial charge >= 0.3 is 0 Å². The first-order valence-corrected chi connectivity index (χ1v) is 9.41. The number of hydrogen-bond donors (Lipinski definition) is 2. The lowest BCUT2D eigenvalue weighted by molar-refractivity contribution is 0.122. The molecule has 1 aliphatic heterocycles. The Labute approximate surface area is 165 Å². The highest BCUT2D eigenvalue weighted by molar-refractivity contribution is 5.85. The molecule has 0 spiro atoms. The lowest BCUT2D eigenvalue weighted by Gasteiger charge is -2.34. The zero-order valence-corrected chi connectivity index (χ0v) is 16.1. The van der Waals surface area contributed by atoms with Crippen LogP contribution < -0.4 is 0 Å². The zero-order chi connectivity index (χ0) is 17.3. The Hall–Kier alpha value is -2.27. The van der Waals surface area contributed by atoms with Crippen molar-refractivity contribution in [2.24, 2.45) is 0 Å². The van der Waals surface area contributed by atoms with E-state index in [1.807, 2.05) is 0 Å². The second kappa shape index (κ2) is 7.77. The standard InChI is InChI=1S/C22H24N4.ClH/c1-3-7-21-19(5-1)17(13-23-21)15-25-9-11-26(12-10-25)16-18-14-24-22-8-4-2-6-20(18)22;/h1-8,13-14,23-24H,9-12,15-16H2;1H. The molecule has 1 fully saturated rings. The number of rotatable bonds is 4. The van der Waals surface area contributed by atoms with Crippen LogP contribution in [-0.4, -0.2) is 45.9 Å². The van der Waals surface area contributed by atoms with Gasteiger partial charge in [-0.15, -0.1) is 12.4 Å². The fraction of sp³-hybridized carbons (Fsp3) is 0.273. The van der Waals surface area contributed by atoms with Gasteiger partial charge in [-0.1, -0.05) is 36.4 Å². The molecule has 5 rings (SSSR count). The van der Waals surface area contributed by atoms with Crippen molar-refractivity contribution in [2.75, 3.05) is 26.2 Å². The lowest BCUT2D eigenvalue weighted by atomic mass is 10.1. The van der Waals surface area contributed by atoms with Gasteiger partial charge in [0, 0.05) is 73.5 Å². The summed E-state index contributed by atoms with van der Waals surface area (Å²) in [6.45, 7) is 6.57. The molecule has 27 heavy (non-hydrogen) atoms. The molecule has 0 bridgehead atoms. The quantitative estimate of drug-likeness (QED) is 0.551. The molecule has 3 heterocycles. The fourth-order valence-corrected chi connectivity index (χ4v) is 4.11. The minimum atomic E-state index is 0. The highest BCUT2D eigenvalue weighted by Gasteiger charge is 2.19. The van der Waals surface area contributed by atoms with Crippen LogP contribution in [0.15, 0.2) is 60.9 Å². The number of halogens is 1. The van der Waals surface area contributed by atoms with Gasteiger partial charge in [0.1, 0.15) is 0 Å². The Morgan fingerprint density at radius 3 is 1.48 bits per heavy atom. The molecule has 0 amide bonds. The van der Waals surface area contributed by atoms with Crippen LogP contribution in [0.2, 0.25) is 0 Å². The summed E-state index contributed by atoms with van der Waals surface area (Å²) in [5.41, 5.74) is 5.29. The second-order valence-electron chi connectivity index (χ2n) is 7.27. The van der Waals surface area contributed by atoms with E-state index < -0.39 is 0 Å². The smallest absolute Gasteiger partial charge is 0.0457 e. The molecule has 0 unspecified atom stereocenters. The van der Waals surface area contributed by atoms with E-state index in [1.54, 1.807) is 0 Å². The van der Waals surface area contributed by atoms with E-state index in [9.17, 15) is 0 Å². The van der Waals surface area contributed by atoms with Gasteiger partial charge in [-0.3, -0.25) is 9.80 Å². The predicted molar refractivity (Wildman–Crippen MR) is 114 cm³/mol. The summed E-state index contributed by atoms with van der Waals surface area (Å²) in [5.74, 6) is 0. The number of fused-ring (bicyclic) bond motifs is 2. The Morgan fingerprint density at radius 1 is 0.630 bits per heavy atom. The summed E-state index contributed by atoms with van der Waals surface area (Å²) in [4.78, 5) is 11.9. The number of piperazine rings is 1. The molecular formula is C22H25ClN4. The van der Waals surface area contributed by atoms with Gasteiger partial charge in [-0.05, 0) is 23.3 Å². The van der Waals surface area contributed by atoms with Crippen LogP contribution in [0.3, 0.4) is 0 Å². The SMILES string of the molecule is Cl.c1ccc2c(CN3CCN(Cc4c[nH]c5ccccc45)CC3)c[nH]c2c1. The Morgan fingerprint density at radius 2 is 1.04 bits per heavy atom. The Kier molecular flexibility index (Phi) is 5.21. The summed E-state index contributed by atoms with van der Waals surface area (Å²) in [6.07, 6.45) is 4.34. The first kappa shape index (κ1) is 18.1. The van der Waals surface area contributed by atoms with Crippen molar-refractivity contribution in [3.8, 4) is 0 Å². The maximum absolute atomic E-state index is 3.39. The molecule has 2 N–H and O–H groups in total. The molecule has 0 aliphatic carbocycles. The van der Waals surface area contributed by atoms with Crippen LogP contribution in [0.4, 0.5) is 0 Å². The number of nitrogens with zero attached hydrogens (tertiary/aromatic N) is 2. The molecular weight excluding hydrogens is 356 g/mol. The number of H-pyrrole nitrogens is 2. The second-order valence-corrected chi connectivity index (χ2v) is 7.27. The molecule has 2 aromatic heterocycles. The molecule has 1 saturated heterocycles. The van der Waals surface area contributed by atoms with E-state index in [-0.39, 0.29) is 12.4 Å². The third-order valence-electron chi connectivity index (χ3n) is 5.60. The maximum atomic E-state index is 3.39. The summed E-state index contributed by atoms with van der Waals surface area (Å²) in [7, 11) is 0. The van der Waals surface area contributed by atoms with E-state index in [1.165, 1.54) is 32.9 Å². The molecule has 4 nitrogen and oxygen atoms in total. The van der Waals surface area contributed by atoms with E-state index in [0.29, 0.717) is 0 Å². The summed E-state index contributed by atoms with van der Waals surface area (Å²) in [5, 5.41) is 2.71. The molecule has 0 atom stereocenters. The van der Waals surface area contributed by atoms with Gasteiger partial charge in [0.2, 0.25) is 0 Å². The summed E-state index contributed by atoms with van der Waals surface area (Å²) in [6, 6.07) is 17.2. The molecule has 4 aromatic rings. The maximum Gasteiger partial charge on any atom is 0.0457 e.